The van der Waals surface area contributed by atoms with Crippen molar-refractivity contribution in [2.75, 3.05) is 23.7 Å². The van der Waals surface area contributed by atoms with Gasteiger partial charge in [0.25, 0.3) is 0 Å². The van der Waals surface area contributed by atoms with Crippen molar-refractivity contribution >= 4 is 33.6 Å². The molecule has 2 heterocycles. The number of hydrogen-bond donors (Lipinski definition) is 3. The lowest BCUT2D eigenvalue weighted by atomic mass is 10.1. The van der Waals surface area contributed by atoms with Crippen LogP contribution in [0.2, 0.25) is 0 Å². The minimum Gasteiger partial charge on any atom is -0.465 e. The van der Waals surface area contributed by atoms with Crippen molar-refractivity contribution < 1.29 is 14.7 Å². The third-order valence-electron chi connectivity index (χ3n) is 3.97. The SMILES string of the molecule is O=C(Cc1ccccc1)Nc1nnc(NC2CCN(C(=O)O)CC2)s1. The van der Waals surface area contributed by atoms with Gasteiger partial charge in [-0.1, -0.05) is 41.7 Å². The Morgan fingerprint density at radius 2 is 1.84 bits per heavy atom. The standard InChI is InChI=1S/C16H19N5O3S/c22-13(10-11-4-2-1-3-5-11)18-15-20-19-14(25-15)17-12-6-8-21(9-7-12)16(23)24/h1-5,12H,6-10H2,(H,17,19)(H,23,24)(H,18,20,22). The Bertz CT molecular complexity index is 728. The van der Waals surface area contributed by atoms with E-state index in [1.807, 2.05) is 30.3 Å². The molecule has 1 aromatic heterocycles. The predicted octanol–water partition coefficient (Wildman–Crippen LogP) is 2.27. The molecule has 8 nitrogen and oxygen atoms in total. The van der Waals surface area contributed by atoms with Crippen molar-refractivity contribution in [3.8, 4) is 0 Å². The van der Waals surface area contributed by atoms with Gasteiger partial charge in [0.2, 0.25) is 16.2 Å². The van der Waals surface area contributed by atoms with Gasteiger partial charge in [0, 0.05) is 19.1 Å². The lowest BCUT2D eigenvalue weighted by Gasteiger charge is -2.30. The van der Waals surface area contributed by atoms with Gasteiger partial charge >= 0.3 is 6.09 Å². The van der Waals surface area contributed by atoms with Crippen LogP contribution in [-0.2, 0) is 11.2 Å². The molecule has 0 atom stereocenters. The molecule has 0 spiro atoms. The second-order valence-corrected chi connectivity index (χ2v) is 6.79. The highest BCUT2D eigenvalue weighted by Gasteiger charge is 2.23. The molecule has 1 aliphatic heterocycles. The minimum absolute atomic E-state index is 0.135. The fraction of sp³-hybridized carbons (Fsp3) is 0.375. The summed E-state index contributed by atoms with van der Waals surface area (Å²) in [6.45, 7) is 1.01. The second-order valence-electron chi connectivity index (χ2n) is 5.81. The van der Waals surface area contributed by atoms with Crippen LogP contribution in [-0.4, -0.2) is 51.3 Å². The fourth-order valence-electron chi connectivity index (χ4n) is 2.67. The zero-order valence-electron chi connectivity index (χ0n) is 13.5. The third-order valence-corrected chi connectivity index (χ3v) is 4.74. The van der Waals surface area contributed by atoms with Gasteiger partial charge < -0.3 is 20.6 Å². The van der Waals surface area contributed by atoms with Crippen molar-refractivity contribution in [3.63, 3.8) is 0 Å². The Labute approximate surface area is 148 Å². The summed E-state index contributed by atoms with van der Waals surface area (Å²) in [6.07, 6.45) is 0.859. The lowest BCUT2D eigenvalue weighted by molar-refractivity contribution is -0.115. The highest BCUT2D eigenvalue weighted by molar-refractivity contribution is 7.19. The number of nitrogens with zero attached hydrogens (tertiary/aromatic N) is 3. The first kappa shape index (κ1) is 17.2. The Balaban J connectivity index is 1.48. The van der Waals surface area contributed by atoms with Crippen LogP contribution in [0.15, 0.2) is 30.3 Å². The minimum atomic E-state index is -0.877. The Morgan fingerprint density at radius 1 is 1.16 bits per heavy atom. The van der Waals surface area contributed by atoms with E-state index in [1.54, 1.807) is 0 Å². The molecule has 2 aromatic rings. The van der Waals surface area contributed by atoms with Crippen LogP contribution >= 0.6 is 11.3 Å². The average molecular weight is 361 g/mol. The van der Waals surface area contributed by atoms with Crippen molar-refractivity contribution in [3.05, 3.63) is 35.9 Å². The van der Waals surface area contributed by atoms with Gasteiger partial charge in [-0.2, -0.15) is 0 Å². The molecule has 0 unspecified atom stereocenters. The number of nitrogens with one attached hydrogen (secondary N) is 2. The van der Waals surface area contributed by atoms with E-state index in [0.29, 0.717) is 23.4 Å². The molecule has 132 valence electrons. The number of hydrogen-bond acceptors (Lipinski definition) is 6. The van der Waals surface area contributed by atoms with Crippen LogP contribution in [0.5, 0.6) is 0 Å². The van der Waals surface area contributed by atoms with E-state index in [2.05, 4.69) is 20.8 Å². The summed E-state index contributed by atoms with van der Waals surface area (Å²) in [4.78, 5) is 24.3. The summed E-state index contributed by atoms with van der Waals surface area (Å²) in [5.41, 5.74) is 0.938. The summed E-state index contributed by atoms with van der Waals surface area (Å²) in [6, 6.07) is 9.66. The number of likely N-dealkylation sites (tertiary alicyclic amines) is 1. The highest BCUT2D eigenvalue weighted by atomic mass is 32.1. The summed E-state index contributed by atoms with van der Waals surface area (Å²) in [5, 5.41) is 24.1. The van der Waals surface area contributed by atoms with Crippen LogP contribution in [0.1, 0.15) is 18.4 Å². The number of carbonyl (C=O) groups is 2. The first-order valence-electron chi connectivity index (χ1n) is 8.02. The van der Waals surface area contributed by atoms with E-state index >= 15 is 0 Å². The topological polar surface area (TPSA) is 107 Å². The zero-order chi connectivity index (χ0) is 17.6. The monoisotopic (exact) mass is 361 g/mol. The van der Waals surface area contributed by atoms with E-state index < -0.39 is 6.09 Å². The number of benzene rings is 1. The van der Waals surface area contributed by atoms with Crippen molar-refractivity contribution in [1.29, 1.82) is 0 Å². The highest BCUT2D eigenvalue weighted by Crippen LogP contribution is 2.23. The van der Waals surface area contributed by atoms with E-state index in [1.165, 1.54) is 16.2 Å². The zero-order valence-corrected chi connectivity index (χ0v) is 14.3. The number of aromatic nitrogens is 2. The predicted molar refractivity (Wildman–Crippen MR) is 94.9 cm³/mol. The molecule has 0 radical (unpaired) electrons. The molecular weight excluding hydrogens is 342 g/mol. The molecule has 9 heteroatoms. The Hall–Kier alpha value is -2.68. The van der Waals surface area contributed by atoms with Crippen molar-refractivity contribution in [1.82, 2.24) is 15.1 Å². The molecule has 1 aliphatic rings. The Morgan fingerprint density at radius 3 is 2.52 bits per heavy atom. The van der Waals surface area contributed by atoms with Gasteiger partial charge in [-0.25, -0.2) is 4.79 Å². The van der Waals surface area contributed by atoms with E-state index in [4.69, 9.17) is 5.11 Å². The maximum absolute atomic E-state index is 12.0. The van der Waals surface area contributed by atoms with Gasteiger partial charge in [0.1, 0.15) is 0 Å². The molecule has 2 amide bonds. The van der Waals surface area contributed by atoms with Crippen LogP contribution in [0.25, 0.3) is 0 Å². The number of piperidine rings is 1. The first-order valence-corrected chi connectivity index (χ1v) is 8.83. The quantitative estimate of drug-likeness (QED) is 0.754. The smallest absolute Gasteiger partial charge is 0.407 e. The van der Waals surface area contributed by atoms with Crippen molar-refractivity contribution in [2.24, 2.45) is 0 Å². The maximum atomic E-state index is 12.0. The van der Waals surface area contributed by atoms with Crippen LogP contribution < -0.4 is 10.6 Å². The summed E-state index contributed by atoms with van der Waals surface area (Å²) in [7, 11) is 0. The Kier molecular flexibility index (Phi) is 5.44. The molecule has 3 rings (SSSR count). The van der Waals surface area contributed by atoms with Gasteiger partial charge in [0.15, 0.2) is 0 Å². The third kappa shape index (κ3) is 4.90. The summed E-state index contributed by atoms with van der Waals surface area (Å²) in [5.74, 6) is -0.135. The lowest BCUT2D eigenvalue weighted by Crippen LogP contribution is -2.41. The fourth-order valence-corrected chi connectivity index (χ4v) is 3.40. The average Bonchev–Trinajstić information content (AvgIpc) is 3.03. The molecule has 0 bridgehead atoms. The second kappa shape index (κ2) is 7.93. The first-order chi connectivity index (χ1) is 12.1. The summed E-state index contributed by atoms with van der Waals surface area (Å²) < 4.78 is 0. The number of carboxylic acid groups (broad SMARTS) is 1. The number of amides is 2. The molecular formula is C16H19N5O3S. The molecule has 0 saturated carbocycles. The molecule has 1 aromatic carbocycles. The van der Waals surface area contributed by atoms with Crippen LogP contribution in [0, 0.1) is 0 Å². The van der Waals surface area contributed by atoms with Crippen molar-refractivity contribution in [2.45, 2.75) is 25.3 Å². The van der Waals surface area contributed by atoms with Crippen LogP contribution in [0.3, 0.4) is 0 Å². The number of anilines is 2. The number of carbonyl (C=O) groups excluding carboxylic acids is 1. The number of rotatable bonds is 5. The van der Waals surface area contributed by atoms with Gasteiger partial charge in [-0.15, -0.1) is 10.2 Å². The van der Waals surface area contributed by atoms with Gasteiger partial charge in [-0.05, 0) is 18.4 Å². The van der Waals surface area contributed by atoms with Gasteiger partial charge in [-0.3, -0.25) is 4.79 Å². The molecule has 0 aliphatic carbocycles. The molecule has 25 heavy (non-hydrogen) atoms. The molecule has 3 N–H and O–H groups in total. The van der Waals surface area contributed by atoms with Gasteiger partial charge in [0.05, 0.1) is 6.42 Å². The largest absolute Gasteiger partial charge is 0.465 e. The van der Waals surface area contributed by atoms with E-state index in [0.717, 1.165) is 18.4 Å². The molecule has 1 saturated heterocycles. The van der Waals surface area contributed by atoms with E-state index in [-0.39, 0.29) is 18.4 Å². The normalized spacial score (nSPS) is 15.0. The van der Waals surface area contributed by atoms with E-state index in [9.17, 15) is 9.59 Å². The van der Waals surface area contributed by atoms with Crippen LogP contribution in [0.4, 0.5) is 15.1 Å². The molecule has 1 fully saturated rings. The summed E-state index contributed by atoms with van der Waals surface area (Å²) >= 11 is 1.28. The maximum Gasteiger partial charge on any atom is 0.407 e.